The minimum atomic E-state index is -0.605. The average Bonchev–Trinajstić information content (AvgIpc) is 2.75. The van der Waals surface area contributed by atoms with E-state index in [-0.39, 0.29) is 18.4 Å². The van der Waals surface area contributed by atoms with Gasteiger partial charge in [-0.15, -0.1) is 0 Å². The number of carbonyl (C=O) groups excluding carboxylic acids is 1. The molecule has 1 saturated heterocycles. The Morgan fingerprint density at radius 3 is 2.64 bits per heavy atom. The molecular weight excluding hydrogens is 350 g/mol. The number of hydrogen-bond acceptors (Lipinski definition) is 4. The van der Waals surface area contributed by atoms with Gasteiger partial charge in [-0.2, -0.15) is 5.26 Å². The highest BCUT2D eigenvalue weighted by Crippen LogP contribution is 2.41. The summed E-state index contributed by atoms with van der Waals surface area (Å²) in [6, 6.07) is 14.6. The lowest BCUT2D eigenvalue weighted by Crippen LogP contribution is -2.65. The number of nitrogens with zero attached hydrogens (tertiary/aromatic N) is 3. The second-order valence-corrected chi connectivity index (χ2v) is 7.37. The largest absolute Gasteiger partial charge is 0.394 e. The van der Waals surface area contributed by atoms with Gasteiger partial charge in [-0.1, -0.05) is 36.4 Å². The second kappa shape index (κ2) is 7.95. The molecule has 1 aromatic heterocycles. The first-order valence-electron chi connectivity index (χ1n) is 9.78. The molecule has 1 fully saturated rings. The van der Waals surface area contributed by atoms with Crippen molar-refractivity contribution >= 4 is 11.5 Å². The number of aliphatic hydroxyl groups is 1. The summed E-state index contributed by atoms with van der Waals surface area (Å²) in [5.74, 6) is -0.511. The number of likely N-dealkylation sites (tertiary alicyclic amines) is 1. The minimum Gasteiger partial charge on any atom is -0.394 e. The highest BCUT2D eigenvalue weighted by molar-refractivity contribution is 5.94. The van der Waals surface area contributed by atoms with Crippen molar-refractivity contribution in [2.45, 2.75) is 43.7 Å². The van der Waals surface area contributed by atoms with E-state index in [9.17, 15) is 15.2 Å². The van der Waals surface area contributed by atoms with Crippen LogP contribution in [-0.2, 0) is 0 Å². The molecule has 3 atom stereocenters. The van der Waals surface area contributed by atoms with E-state index in [2.05, 4.69) is 29.3 Å². The summed E-state index contributed by atoms with van der Waals surface area (Å²) in [7, 11) is 0. The van der Waals surface area contributed by atoms with Gasteiger partial charge in [0.15, 0.2) is 0 Å². The monoisotopic (exact) mass is 373 g/mol. The van der Waals surface area contributed by atoms with Gasteiger partial charge in [0.1, 0.15) is 11.7 Å². The number of rotatable bonds is 4. The Bertz CT molecular complexity index is 915. The molecule has 1 N–H and O–H groups in total. The number of amides is 1. The molecule has 5 nitrogen and oxygen atoms in total. The number of nitriles is 1. The van der Waals surface area contributed by atoms with Crippen molar-refractivity contribution in [1.82, 2.24) is 9.88 Å². The molecule has 1 amide bonds. The predicted molar refractivity (Wildman–Crippen MR) is 106 cm³/mol. The fourth-order valence-corrected chi connectivity index (χ4v) is 4.33. The first kappa shape index (κ1) is 18.4. The first-order valence-corrected chi connectivity index (χ1v) is 9.78. The van der Waals surface area contributed by atoms with Crippen LogP contribution in [0.1, 0.15) is 53.2 Å². The molecule has 28 heavy (non-hydrogen) atoms. The van der Waals surface area contributed by atoms with Crippen molar-refractivity contribution in [2.24, 2.45) is 0 Å². The van der Waals surface area contributed by atoms with Crippen LogP contribution in [0.15, 0.2) is 54.7 Å². The zero-order valence-electron chi connectivity index (χ0n) is 15.7. The van der Waals surface area contributed by atoms with Gasteiger partial charge in [0, 0.05) is 12.1 Å². The van der Waals surface area contributed by atoms with Gasteiger partial charge in [-0.3, -0.25) is 9.78 Å². The summed E-state index contributed by atoms with van der Waals surface area (Å²) >= 11 is 0. The van der Waals surface area contributed by atoms with Crippen LogP contribution in [0.3, 0.4) is 0 Å². The zero-order chi connectivity index (χ0) is 19.5. The van der Waals surface area contributed by atoms with Crippen molar-refractivity contribution in [3.05, 3.63) is 71.6 Å². The summed E-state index contributed by atoms with van der Waals surface area (Å²) in [4.78, 5) is 18.4. The molecule has 2 aromatic rings. The Kier molecular flexibility index (Phi) is 5.23. The zero-order valence-corrected chi connectivity index (χ0v) is 15.7. The van der Waals surface area contributed by atoms with Crippen LogP contribution in [0.4, 0.5) is 0 Å². The highest BCUT2D eigenvalue weighted by atomic mass is 16.3. The Balaban J connectivity index is 1.57. The van der Waals surface area contributed by atoms with Crippen molar-refractivity contribution in [2.75, 3.05) is 6.61 Å². The van der Waals surface area contributed by atoms with Crippen molar-refractivity contribution in [1.29, 1.82) is 5.26 Å². The molecule has 0 saturated carbocycles. The van der Waals surface area contributed by atoms with Crippen LogP contribution >= 0.6 is 0 Å². The lowest BCUT2D eigenvalue weighted by atomic mass is 9.75. The average molecular weight is 373 g/mol. The maximum atomic E-state index is 12.8. The van der Waals surface area contributed by atoms with E-state index in [1.54, 1.807) is 24.4 Å². The van der Waals surface area contributed by atoms with Crippen LogP contribution in [0, 0.1) is 11.3 Å². The molecule has 1 aromatic carbocycles. The van der Waals surface area contributed by atoms with E-state index in [1.807, 2.05) is 12.1 Å². The third-order valence-electron chi connectivity index (χ3n) is 5.81. The van der Waals surface area contributed by atoms with Gasteiger partial charge in [0.05, 0.1) is 18.7 Å². The van der Waals surface area contributed by atoms with Crippen molar-refractivity contribution in [3.63, 3.8) is 0 Å². The van der Waals surface area contributed by atoms with Crippen LogP contribution in [0.2, 0.25) is 0 Å². The fraction of sp³-hybridized carbons (Fsp3) is 0.348. The second-order valence-electron chi connectivity index (χ2n) is 7.37. The molecule has 4 rings (SSSR count). The Morgan fingerprint density at radius 2 is 2.04 bits per heavy atom. The summed E-state index contributed by atoms with van der Waals surface area (Å²) in [6.07, 6.45) is 8.58. The summed E-state index contributed by atoms with van der Waals surface area (Å²) in [5, 5.41) is 19.6. The van der Waals surface area contributed by atoms with E-state index < -0.39 is 12.1 Å². The van der Waals surface area contributed by atoms with E-state index in [1.165, 1.54) is 28.9 Å². The Hall–Kier alpha value is -2.97. The number of carbonyl (C=O) groups is 1. The number of allylic oxidation sites excluding steroid dienone is 2. The lowest BCUT2D eigenvalue weighted by Gasteiger charge is -2.51. The fourth-order valence-electron chi connectivity index (χ4n) is 4.33. The molecule has 142 valence electrons. The molecule has 0 spiro atoms. The highest BCUT2D eigenvalue weighted by Gasteiger charge is 2.52. The molecular formula is C23H23N3O2. The maximum Gasteiger partial charge on any atom is 0.273 e. The number of benzene rings is 1. The summed E-state index contributed by atoms with van der Waals surface area (Å²) in [6.45, 7) is -0.186. The lowest BCUT2D eigenvalue weighted by molar-refractivity contribution is -0.00629. The molecule has 0 bridgehead atoms. The molecule has 5 heteroatoms. The van der Waals surface area contributed by atoms with Crippen LogP contribution in [0.5, 0.6) is 0 Å². The molecule has 1 aliphatic heterocycles. The standard InChI is InChI=1S/C23H23N3O2/c24-14-20-22(18-11-9-17(10-12-18)16-6-2-1-3-7-16)21(15-27)26(20)23(28)19-8-4-5-13-25-19/h4-6,8-13,20-22,27H,1-3,7,15H2/t20-,21+,22+/m0/s1. The number of aliphatic hydroxyl groups excluding tert-OH is 1. The van der Waals surface area contributed by atoms with Crippen molar-refractivity contribution < 1.29 is 9.90 Å². The van der Waals surface area contributed by atoms with Crippen LogP contribution in [-0.4, -0.2) is 39.6 Å². The van der Waals surface area contributed by atoms with Gasteiger partial charge in [-0.25, -0.2) is 0 Å². The minimum absolute atomic E-state index is 0.186. The summed E-state index contributed by atoms with van der Waals surface area (Å²) in [5.41, 5.74) is 3.88. The summed E-state index contributed by atoms with van der Waals surface area (Å²) < 4.78 is 0. The van der Waals surface area contributed by atoms with E-state index >= 15 is 0 Å². The van der Waals surface area contributed by atoms with Gasteiger partial charge in [0.2, 0.25) is 0 Å². The molecule has 2 heterocycles. The topological polar surface area (TPSA) is 77.2 Å². The molecule has 0 unspecified atom stereocenters. The molecule has 0 radical (unpaired) electrons. The van der Waals surface area contributed by atoms with Crippen LogP contribution in [0.25, 0.3) is 5.57 Å². The van der Waals surface area contributed by atoms with Gasteiger partial charge < -0.3 is 10.0 Å². The van der Waals surface area contributed by atoms with E-state index in [0.717, 1.165) is 18.4 Å². The quantitative estimate of drug-likeness (QED) is 0.889. The first-order chi connectivity index (χ1) is 13.7. The number of hydrogen-bond donors (Lipinski definition) is 1. The van der Waals surface area contributed by atoms with Gasteiger partial charge in [-0.05, 0) is 54.5 Å². The van der Waals surface area contributed by atoms with Gasteiger partial charge in [0.25, 0.3) is 5.91 Å². The van der Waals surface area contributed by atoms with E-state index in [0.29, 0.717) is 5.69 Å². The third-order valence-corrected chi connectivity index (χ3v) is 5.81. The Morgan fingerprint density at radius 1 is 1.21 bits per heavy atom. The molecule has 2 aliphatic rings. The third kappa shape index (κ3) is 3.21. The normalized spacial score (nSPS) is 24.1. The number of pyridine rings is 1. The molecule has 1 aliphatic carbocycles. The SMILES string of the molecule is N#C[C@H]1[C@@H](c2ccc(C3=CCCCC3)cc2)[C@@H](CO)N1C(=O)c1ccccn1. The maximum absolute atomic E-state index is 12.8. The number of aromatic nitrogens is 1. The van der Waals surface area contributed by atoms with Crippen LogP contribution < -0.4 is 0 Å². The van der Waals surface area contributed by atoms with Crippen molar-refractivity contribution in [3.8, 4) is 6.07 Å². The predicted octanol–water partition coefficient (Wildman–Crippen LogP) is 3.53. The van der Waals surface area contributed by atoms with E-state index in [4.69, 9.17) is 0 Å². The smallest absolute Gasteiger partial charge is 0.273 e. The Labute approximate surface area is 164 Å². The van der Waals surface area contributed by atoms with Gasteiger partial charge >= 0.3 is 0 Å².